The molecule has 0 spiro atoms. The van der Waals surface area contributed by atoms with Gasteiger partial charge in [-0.1, -0.05) is 13.3 Å². The van der Waals surface area contributed by atoms with Crippen LogP contribution in [0.25, 0.3) is 5.65 Å². The van der Waals surface area contributed by atoms with Gasteiger partial charge in [0.1, 0.15) is 5.82 Å². The van der Waals surface area contributed by atoms with E-state index in [2.05, 4.69) is 30.3 Å². The van der Waals surface area contributed by atoms with Crippen LogP contribution in [0.4, 0.5) is 5.82 Å². The van der Waals surface area contributed by atoms with E-state index in [9.17, 15) is 0 Å². The Bertz CT molecular complexity index is 703. The topological polar surface area (TPSA) is 68.2 Å². The molecule has 0 radical (unpaired) electrons. The first kappa shape index (κ1) is 14.9. The molecule has 2 aliphatic rings. The van der Waals surface area contributed by atoms with Gasteiger partial charge in [0.05, 0.1) is 6.20 Å². The Labute approximate surface area is 137 Å². The summed E-state index contributed by atoms with van der Waals surface area (Å²) in [6.07, 6.45) is 9.24. The van der Waals surface area contributed by atoms with Crippen LogP contribution in [0, 0.1) is 12.8 Å². The Morgan fingerprint density at radius 3 is 2.78 bits per heavy atom. The van der Waals surface area contributed by atoms with E-state index in [4.69, 9.17) is 10.7 Å². The minimum Gasteiger partial charge on any atom is -0.367 e. The summed E-state index contributed by atoms with van der Waals surface area (Å²) < 4.78 is 1.95. The molecule has 2 saturated carbocycles. The average Bonchev–Trinajstić information content (AvgIpc) is 3.04. The summed E-state index contributed by atoms with van der Waals surface area (Å²) in [6.45, 7) is 4.41. The van der Waals surface area contributed by atoms with Crippen LogP contribution < -0.4 is 11.1 Å². The second-order valence-electron chi connectivity index (χ2n) is 7.52. The maximum absolute atomic E-state index is 6.06. The summed E-state index contributed by atoms with van der Waals surface area (Å²) in [4.78, 5) is 4.92. The molecule has 2 heterocycles. The molecule has 2 fully saturated rings. The van der Waals surface area contributed by atoms with Gasteiger partial charge in [-0.05, 0) is 44.9 Å². The highest BCUT2D eigenvalue weighted by molar-refractivity contribution is 5.54. The largest absolute Gasteiger partial charge is 0.367 e. The fourth-order valence-electron chi connectivity index (χ4n) is 3.97. The van der Waals surface area contributed by atoms with Gasteiger partial charge in [-0.2, -0.15) is 9.61 Å². The fourth-order valence-corrected chi connectivity index (χ4v) is 3.97. The number of aryl methyl sites for hydroxylation is 1. The standard InChI is InChI=1S/C18H27N5/c1-11-10-20-23-17(21-15-7-6-14(19)8-15)9-16(22-18(11)23)12(2)13-4-3-5-13/h9-10,12-15,21H,3-8,19H2,1-2H3/t12?,14-,15-/m0/s1. The van der Waals surface area contributed by atoms with Crippen molar-refractivity contribution in [3.8, 4) is 0 Å². The predicted octanol–water partition coefficient (Wildman–Crippen LogP) is 3.23. The molecule has 23 heavy (non-hydrogen) atoms. The molecule has 2 aliphatic carbocycles. The normalized spacial score (nSPS) is 26.4. The molecule has 0 amide bonds. The van der Waals surface area contributed by atoms with Gasteiger partial charge in [-0.25, -0.2) is 4.98 Å². The van der Waals surface area contributed by atoms with Crippen LogP contribution in [0.3, 0.4) is 0 Å². The van der Waals surface area contributed by atoms with Crippen LogP contribution in [-0.2, 0) is 0 Å². The zero-order valence-corrected chi connectivity index (χ0v) is 14.1. The SMILES string of the molecule is Cc1cnn2c(N[C@H]3CC[C@H](N)C3)cc(C(C)C3CCC3)nc12. The molecule has 5 heteroatoms. The molecule has 124 valence electrons. The van der Waals surface area contributed by atoms with Crippen molar-refractivity contribution in [3.05, 3.63) is 23.5 Å². The molecule has 4 rings (SSSR count). The first-order chi connectivity index (χ1) is 11.1. The number of nitrogens with one attached hydrogen (secondary N) is 1. The Balaban J connectivity index is 1.69. The summed E-state index contributed by atoms with van der Waals surface area (Å²) in [7, 11) is 0. The number of aromatic nitrogens is 3. The van der Waals surface area contributed by atoms with Gasteiger partial charge in [0.2, 0.25) is 0 Å². The maximum Gasteiger partial charge on any atom is 0.160 e. The Hall–Kier alpha value is -1.62. The molecule has 2 aromatic rings. The van der Waals surface area contributed by atoms with Gasteiger partial charge in [0.25, 0.3) is 0 Å². The van der Waals surface area contributed by atoms with Crippen molar-refractivity contribution in [3.63, 3.8) is 0 Å². The lowest BCUT2D eigenvalue weighted by Gasteiger charge is -2.31. The van der Waals surface area contributed by atoms with Crippen molar-refractivity contribution >= 4 is 11.5 Å². The van der Waals surface area contributed by atoms with Crippen LogP contribution in [0.1, 0.15) is 62.6 Å². The van der Waals surface area contributed by atoms with Gasteiger partial charge in [-0.15, -0.1) is 0 Å². The van der Waals surface area contributed by atoms with E-state index < -0.39 is 0 Å². The highest BCUT2D eigenvalue weighted by Crippen LogP contribution is 2.39. The molecule has 0 aromatic carbocycles. The highest BCUT2D eigenvalue weighted by atomic mass is 15.3. The van der Waals surface area contributed by atoms with E-state index in [1.165, 1.54) is 25.0 Å². The molecule has 0 saturated heterocycles. The summed E-state index contributed by atoms with van der Waals surface area (Å²) >= 11 is 0. The van der Waals surface area contributed by atoms with Crippen LogP contribution in [-0.4, -0.2) is 26.7 Å². The van der Waals surface area contributed by atoms with Crippen LogP contribution in [0.2, 0.25) is 0 Å². The molecular formula is C18H27N5. The van der Waals surface area contributed by atoms with Gasteiger partial charge in [-0.3, -0.25) is 0 Å². The summed E-state index contributed by atoms with van der Waals surface area (Å²) in [5.74, 6) is 2.39. The summed E-state index contributed by atoms with van der Waals surface area (Å²) in [5, 5.41) is 8.20. The summed E-state index contributed by atoms with van der Waals surface area (Å²) in [6, 6.07) is 3.00. The maximum atomic E-state index is 6.06. The lowest BCUT2D eigenvalue weighted by Crippen LogP contribution is -2.23. The third kappa shape index (κ3) is 2.71. The smallest absolute Gasteiger partial charge is 0.160 e. The summed E-state index contributed by atoms with van der Waals surface area (Å²) in [5.41, 5.74) is 9.39. The quantitative estimate of drug-likeness (QED) is 0.909. The number of hydrogen-bond donors (Lipinski definition) is 2. The third-order valence-electron chi connectivity index (χ3n) is 5.82. The number of rotatable bonds is 4. The van der Waals surface area contributed by atoms with E-state index in [1.54, 1.807) is 0 Å². The number of anilines is 1. The average molecular weight is 313 g/mol. The molecule has 3 N–H and O–H groups in total. The molecule has 3 atom stereocenters. The van der Waals surface area contributed by atoms with E-state index >= 15 is 0 Å². The molecule has 2 aromatic heterocycles. The van der Waals surface area contributed by atoms with Crippen molar-refractivity contribution in [2.24, 2.45) is 11.7 Å². The Morgan fingerprint density at radius 1 is 1.30 bits per heavy atom. The zero-order chi connectivity index (χ0) is 16.0. The Morgan fingerprint density at radius 2 is 2.13 bits per heavy atom. The van der Waals surface area contributed by atoms with Gasteiger partial charge < -0.3 is 11.1 Å². The van der Waals surface area contributed by atoms with Crippen LogP contribution in [0.5, 0.6) is 0 Å². The van der Waals surface area contributed by atoms with E-state index in [1.807, 2.05) is 10.7 Å². The minimum atomic E-state index is 0.331. The van der Waals surface area contributed by atoms with Gasteiger partial charge in [0, 0.05) is 35.3 Å². The number of nitrogens with two attached hydrogens (primary N) is 1. The van der Waals surface area contributed by atoms with E-state index in [0.717, 1.165) is 42.2 Å². The first-order valence-corrected chi connectivity index (χ1v) is 8.99. The fraction of sp³-hybridized carbons (Fsp3) is 0.667. The number of hydrogen-bond acceptors (Lipinski definition) is 4. The number of nitrogens with zero attached hydrogens (tertiary/aromatic N) is 3. The second-order valence-corrected chi connectivity index (χ2v) is 7.52. The lowest BCUT2D eigenvalue weighted by molar-refractivity contribution is 0.269. The third-order valence-corrected chi connectivity index (χ3v) is 5.82. The van der Waals surface area contributed by atoms with Gasteiger partial charge >= 0.3 is 0 Å². The minimum absolute atomic E-state index is 0.331. The van der Waals surface area contributed by atoms with Crippen molar-refractivity contribution in [2.45, 2.75) is 70.4 Å². The predicted molar refractivity (Wildman–Crippen MR) is 92.7 cm³/mol. The monoisotopic (exact) mass is 313 g/mol. The number of fused-ring (bicyclic) bond motifs is 1. The Kier molecular flexibility index (Phi) is 3.76. The van der Waals surface area contributed by atoms with E-state index in [0.29, 0.717) is 18.0 Å². The molecular weight excluding hydrogens is 286 g/mol. The van der Waals surface area contributed by atoms with Crippen LogP contribution >= 0.6 is 0 Å². The molecule has 0 aliphatic heterocycles. The van der Waals surface area contributed by atoms with E-state index in [-0.39, 0.29) is 0 Å². The van der Waals surface area contributed by atoms with Crippen molar-refractivity contribution < 1.29 is 0 Å². The van der Waals surface area contributed by atoms with Crippen molar-refractivity contribution in [2.75, 3.05) is 5.32 Å². The van der Waals surface area contributed by atoms with Crippen LogP contribution in [0.15, 0.2) is 12.3 Å². The zero-order valence-electron chi connectivity index (χ0n) is 14.1. The molecule has 1 unspecified atom stereocenters. The highest BCUT2D eigenvalue weighted by Gasteiger charge is 2.28. The van der Waals surface area contributed by atoms with Gasteiger partial charge in [0.15, 0.2) is 5.65 Å². The molecule has 0 bridgehead atoms. The second kappa shape index (κ2) is 5.78. The lowest BCUT2D eigenvalue weighted by atomic mass is 9.75. The van der Waals surface area contributed by atoms with Crippen molar-refractivity contribution in [1.82, 2.24) is 14.6 Å². The first-order valence-electron chi connectivity index (χ1n) is 8.99. The van der Waals surface area contributed by atoms with Crippen molar-refractivity contribution in [1.29, 1.82) is 0 Å². The molecule has 5 nitrogen and oxygen atoms in total.